The predicted octanol–water partition coefficient (Wildman–Crippen LogP) is 3.65. The lowest BCUT2D eigenvalue weighted by molar-refractivity contribution is -0.141. The highest BCUT2D eigenvalue weighted by atomic mass is 79.9. The van der Waals surface area contributed by atoms with E-state index in [0.29, 0.717) is 38.4 Å². The summed E-state index contributed by atoms with van der Waals surface area (Å²) in [5.41, 5.74) is 1.75. The molecule has 0 spiro atoms. The molecule has 0 saturated heterocycles. The zero-order valence-corrected chi connectivity index (χ0v) is 16.4. The Hall–Kier alpha value is -2.72. The molecule has 0 aliphatic carbocycles. The van der Waals surface area contributed by atoms with Crippen LogP contribution in [-0.2, 0) is 9.53 Å². The first kappa shape index (κ1) is 19.6. The zero-order valence-electron chi connectivity index (χ0n) is 14.8. The molecule has 6 nitrogen and oxygen atoms in total. The second-order valence-electron chi connectivity index (χ2n) is 5.27. The third kappa shape index (κ3) is 3.75. The van der Waals surface area contributed by atoms with Gasteiger partial charge in [0.15, 0.2) is 11.5 Å². The van der Waals surface area contributed by atoms with Crippen molar-refractivity contribution in [2.24, 2.45) is 0 Å². The van der Waals surface area contributed by atoms with Crippen LogP contribution in [0, 0.1) is 11.3 Å². The number of carbonyl (C=O) groups excluding carboxylic acids is 1. The second-order valence-corrected chi connectivity index (χ2v) is 6.12. The molecule has 0 saturated carbocycles. The molecule has 136 valence electrons. The van der Waals surface area contributed by atoms with Gasteiger partial charge >= 0.3 is 5.97 Å². The predicted molar refractivity (Wildman–Crippen MR) is 98.8 cm³/mol. The van der Waals surface area contributed by atoms with Crippen LogP contribution in [0.1, 0.15) is 22.6 Å². The van der Waals surface area contributed by atoms with Gasteiger partial charge in [-0.3, -0.25) is 4.79 Å². The van der Waals surface area contributed by atoms with Crippen molar-refractivity contribution in [3.8, 4) is 23.3 Å². The van der Waals surface area contributed by atoms with Crippen LogP contribution in [0.5, 0.6) is 17.2 Å². The maximum atomic E-state index is 12.5. The van der Waals surface area contributed by atoms with Crippen LogP contribution in [0.2, 0.25) is 0 Å². The number of ether oxygens (including phenoxy) is 4. The molecule has 2 aromatic rings. The number of hydrogen-bond donors (Lipinski definition) is 0. The van der Waals surface area contributed by atoms with E-state index in [1.54, 1.807) is 30.3 Å². The Bertz CT molecular complexity index is 834. The molecule has 0 fully saturated rings. The van der Waals surface area contributed by atoms with Gasteiger partial charge in [-0.15, -0.1) is 0 Å². The lowest BCUT2D eigenvalue weighted by Crippen LogP contribution is -2.16. The monoisotopic (exact) mass is 419 g/mol. The number of methoxy groups -OCH3 is 4. The van der Waals surface area contributed by atoms with Crippen LogP contribution in [0.4, 0.5) is 0 Å². The Morgan fingerprint density at radius 3 is 2.04 bits per heavy atom. The van der Waals surface area contributed by atoms with Crippen LogP contribution >= 0.6 is 15.9 Å². The number of carbonyl (C=O) groups is 1. The van der Waals surface area contributed by atoms with Crippen LogP contribution in [0.3, 0.4) is 0 Å². The van der Waals surface area contributed by atoms with Crippen molar-refractivity contribution < 1.29 is 23.7 Å². The van der Waals surface area contributed by atoms with Gasteiger partial charge in [-0.05, 0) is 51.3 Å². The summed E-state index contributed by atoms with van der Waals surface area (Å²) >= 11 is 3.35. The Morgan fingerprint density at radius 1 is 1.00 bits per heavy atom. The highest BCUT2D eigenvalue weighted by Gasteiger charge is 2.27. The molecule has 2 aromatic carbocycles. The number of nitrogens with zero attached hydrogens (tertiary/aromatic N) is 1. The Labute approximate surface area is 160 Å². The van der Waals surface area contributed by atoms with Crippen LogP contribution in [-0.4, -0.2) is 34.4 Å². The van der Waals surface area contributed by atoms with Gasteiger partial charge in [-0.2, -0.15) is 5.26 Å². The third-order valence-corrected chi connectivity index (χ3v) is 4.56. The van der Waals surface area contributed by atoms with Crippen molar-refractivity contribution in [1.82, 2.24) is 0 Å². The summed E-state index contributed by atoms with van der Waals surface area (Å²) in [5.74, 6) is 0.129. The third-order valence-electron chi connectivity index (χ3n) is 3.90. The van der Waals surface area contributed by atoms with E-state index >= 15 is 0 Å². The van der Waals surface area contributed by atoms with Crippen molar-refractivity contribution in [3.63, 3.8) is 0 Å². The highest BCUT2D eigenvalue weighted by Crippen LogP contribution is 2.42. The molecule has 1 unspecified atom stereocenters. The van der Waals surface area contributed by atoms with Gasteiger partial charge in [0.05, 0.1) is 34.0 Å². The molecule has 0 N–H and O–H groups in total. The molecular formula is C19H18BrNO5. The van der Waals surface area contributed by atoms with Crippen molar-refractivity contribution >= 4 is 21.9 Å². The summed E-state index contributed by atoms with van der Waals surface area (Å²) in [6.07, 6.45) is 0. The van der Waals surface area contributed by atoms with Gasteiger partial charge in [0, 0.05) is 4.47 Å². The Kier molecular flexibility index (Phi) is 6.47. The summed E-state index contributed by atoms with van der Waals surface area (Å²) in [5, 5.41) is 9.10. The van der Waals surface area contributed by atoms with E-state index in [1.165, 1.54) is 28.4 Å². The minimum atomic E-state index is -0.724. The van der Waals surface area contributed by atoms with E-state index in [4.69, 9.17) is 24.2 Å². The molecule has 7 heteroatoms. The standard InChI is InChI=1S/C19H18BrNO5/c1-23-15-8-13(9-16(24-2)18(15)25-3)17(19(22)26-4)11-5-6-12(10-21)14(20)7-11/h5-9,17H,1-4H3. The summed E-state index contributed by atoms with van der Waals surface area (Å²) in [6, 6.07) is 10.6. The first-order valence-electron chi connectivity index (χ1n) is 7.57. The van der Waals surface area contributed by atoms with Crippen molar-refractivity contribution in [2.45, 2.75) is 5.92 Å². The molecule has 0 amide bonds. The molecule has 1 atom stereocenters. The van der Waals surface area contributed by atoms with E-state index in [9.17, 15) is 4.79 Å². The molecule has 0 aliphatic heterocycles. The minimum absolute atomic E-state index is 0.434. The molecule has 0 radical (unpaired) electrons. The smallest absolute Gasteiger partial charge is 0.317 e. The van der Waals surface area contributed by atoms with E-state index in [1.807, 2.05) is 0 Å². The Morgan fingerprint density at radius 2 is 1.62 bits per heavy atom. The molecule has 0 heterocycles. The fraction of sp³-hybridized carbons (Fsp3) is 0.263. The topological polar surface area (TPSA) is 77.8 Å². The number of nitriles is 1. The molecular weight excluding hydrogens is 402 g/mol. The molecule has 26 heavy (non-hydrogen) atoms. The molecule has 0 aromatic heterocycles. The number of esters is 1. The number of halogens is 1. The normalized spacial score (nSPS) is 11.2. The van der Waals surface area contributed by atoms with Crippen LogP contribution < -0.4 is 14.2 Å². The minimum Gasteiger partial charge on any atom is -0.493 e. The maximum absolute atomic E-state index is 12.5. The SMILES string of the molecule is COC(=O)C(c1ccc(C#N)c(Br)c1)c1cc(OC)c(OC)c(OC)c1. The average molecular weight is 420 g/mol. The van der Waals surface area contributed by atoms with Gasteiger partial charge in [0.1, 0.15) is 12.0 Å². The lowest BCUT2D eigenvalue weighted by Gasteiger charge is -2.20. The van der Waals surface area contributed by atoms with Gasteiger partial charge in [0.25, 0.3) is 0 Å². The van der Waals surface area contributed by atoms with Crippen molar-refractivity contribution in [2.75, 3.05) is 28.4 Å². The summed E-state index contributed by atoms with van der Waals surface area (Å²) in [6.45, 7) is 0. The van der Waals surface area contributed by atoms with Crippen molar-refractivity contribution in [1.29, 1.82) is 5.26 Å². The first-order chi connectivity index (χ1) is 12.5. The van der Waals surface area contributed by atoms with E-state index in [2.05, 4.69) is 22.0 Å². The summed E-state index contributed by atoms with van der Waals surface area (Å²) < 4.78 is 21.6. The summed E-state index contributed by atoms with van der Waals surface area (Å²) in [4.78, 5) is 12.5. The average Bonchev–Trinajstić information content (AvgIpc) is 2.67. The largest absolute Gasteiger partial charge is 0.493 e. The second kappa shape index (κ2) is 8.59. The lowest BCUT2D eigenvalue weighted by atomic mass is 9.90. The number of rotatable bonds is 6. The molecule has 0 bridgehead atoms. The van der Waals surface area contributed by atoms with Crippen LogP contribution in [0.15, 0.2) is 34.8 Å². The van der Waals surface area contributed by atoms with Gasteiger partial charge in [-0.1, -0.05) is 6.07 Å². The van der Waals surface area contributed by atoms with Gasteiger partial charge in [-0.25, -0.2) is 0 Å². The van der Waals surface area contributed by atoms with Crippen molar-refractivity contribution in [3.05, 3.63) is 51.5 Å². The van der Waals surface area contributed by atoms with Gasteiger partial charge in [0.2, 0.25) is 5.75 Å². The quantitative estimate of drug-likeness (QED) is 0.664. The van der Waals surface area contributed by atoms with E-state index in [0.717, 1.165) is 0 Å². The number of hydrogen-bond acceptors (Lipinski definition) is 6. The molecule has 0 aliphatic rings. The Balaban J connectivity index is 2.67. The van der Waals surface area contributed by atoms with E-state index < -0.39 is 11.9 Å². The maximum Gasteiger partial charge on any atom is 0.317 e. The fourth-order valence-electron chi connectivity index (χ4n) is 2.65. The summed E-state index contributed by atoms with van der Waals surface area (Å²) in [7, 11) is 5.85. The molecule has 2 rings (SSSR count). The number of benzene rings is 2. The first-order valence-corrected chi connectivity index (χ1v) is 8.37. The van der Waals surface area contributed by atoms with Gasteiger partial charge < -0.3 is 18.9 Å². The highest BCUT2D eigenvalue weighted by molar-refractivity contribution is 9.10. The fourth-order valence-corrected chi connectivity index (χ4v) is 3.14. The zero-order chi connectivity index (χ0) is 19.3. The van der Waals surface area contributed by atoms with E-state index in [-0.39, 0.29) is 0 Å². The van der Waals surface area contributed by atoms with Crippen LogP contribution in [0.25, 0.3) is 0 Å².